The largest absolute Gasteiger partial charge is 0.493 e. The first kappa shape index (κ1) is 26.9. The molecule has 1 aromatic carbocycles. The van der Waals surface area contributed by atoms with Crippen molar-refractivity contribution in [2.75, 3.05) is 19.5 Å². The van der Waals surface area contributed by atoms with Gasteiger partial charge in [0.15, 0.2) is 5.78 Å². The van der Waals surface area contributed by atoms with Crippen molar-refractivity contribution in [2.45, 2.75) is 79.6 Å². The molecular formula is C27H38O5S2. The van der Waals surface area contributed by atoms with Crippen LogP contribution in [0.4, 0.5) is 0 Å². The van der Waals surface area contributed by atoms with E-state index in [0.29, 0.717) is 31.3 Å². The Morgan fingerprint density at radius 2 is 1.79 bits per heavy atom. The molecule has 1 aliphatic carbocycles. The average Bonchev–Trinajstić information content (AvgIpc) is 3.09. The summed E-state index contributed by atoms with van der Waals surface area (Å²) in [7, 11) is -3.42. The van der Waals surface area contributed by atoms with Crippen molar-refractivity contribution in [2.24, 2.45) is 5.41 Å². The van der Waals surface area contributed by atoms with Gasteiger partial charge in [0, 0.05) is 17.7 Å². The van der Waals surface area contributed by atoms with E-state index in [0.717, 1.165) is 59.3 Å². The third-order valence-electron chi connectivity index (χ3n) is 6.48. The zero-order valence-corrected chi connectivity index (χ0v) is 23.0. The van der Waals surface area contributed by atoms with Crippen LogP contribution in [0.1, 0.15) is 82.4 Å². The normalized spacial score (nSPS) is 15.2. The second-order valence-corrected chi connectivity index (χ2v) is 13.0. The van der Waals surface area contributed by atoms with Crippen LogP contribution in [-0.2, 0) is 40.0 Å². The van der Waals surface area contributed by atoms with Gasteiger partial charge in [-0.25, -0.2) is 0 Å². The van der Waals surface area contributed by atoms with Crippen molar-refractivity contribution in [3.63, 3.8) is 0 Å². The van der Waals surface area contributed by atoms with Gasteiger partial charge in [-0.3, -0.25) is 8.98 Å². The summed E-state index contributed by atoms with van der Waals surface area (Å²) >= 11 is 1.73. The van der Waals surface area contributed by atoms with Gasteiger partial charge in [-0.05, 0) is 79.2 Å². The van der Waals surface area contributed by atoms with Gasteiger partial charge in [0.1, 0.15) is 5.75 Å². The fraction of sp³-hybridized carbons (Fsp3) is 0.593. The number of ether oxygens (including phenoxy) is 1. The quantitative estimate of drug-likeness (QED) is 0.212. The number of rotatable bonds is 11. The van der Waals surface area contributed by atoms with Crippen molar-refractivity contribution >= 4 is 27.2 Å². The highest BCUT2D eigenvalue weighted by atomic mass is 32.2. The molecule has 7 heteroatoms. The van der Waals surface area contributed by atoms with Crippen LogP contribution in [0, 0.1) is 19.3 Å². The number of Topliss-reactive ketones (excluding diaryl/α,β-unsaturated/α-hetero) is 1. The molecule has 3 rings (SSSR count). The van der Waals surface area contributed by atoms with Crippen LogP contribution in [0.15, 0.2) is 12.1 Å². The topological polar surface area (TPSA) is 69.7 Å². The number of ketones is 1. The van der Waals surface area contributed by atoms with Gasteiger partial charge < -0.3 is 4.74 Å². The molecule has 0 fully saturated rings. The highest BCUT2D eigenvalue weighted by molar-refractivity contribution is 7.85. The number of hydrogen-bond donors (Lipinski definition) is 0. The molecule has 5 nitrogen and oxygen atoms in total. The van der Waals surface area contributed by atoms with Gasteiger partial charge in [0.25, 0.3) is 10.1 Å². The summed E-state index contributed by atoms with van der Waals surface area (Å²) in [5.41, 5.74) is 6.27. The smallest absolute Gasteiger partial charge is 0.264 e. The maximum absolute atomic E-state index is 13.2. The third kappa shape index (κ3) is 6.92. The van der Waals surface area contributed by atoms with E-state index in [9.17, 15) is 13.2 Å². The summed E-state index contributed by atoms with van der Waals surface area (Å²) in [6.45, 7) is 11.4. The van der Waals surface area contributed by atoms with Gasteiger partial charge in [0.05, 0.1) is 24.3 Å². The van der Waals surface area contributed by atoms with Gasteiger partial charge in [-0.15, -0.1) is 11.3 Å². The lowest BCUT2D eigenvalue weighted by atomic mass is 9.74. The van der Waals surface area contributed by atoms with E-state index in [2.05, 4.69) is 32.9 Å². The fourth-order valence-electron chi connectivity index (χ4n) is 4.79. The summed E-state index contributed by atoms with van der Waals surface area (Å²) < 4.78 is 32.7. The summed E-state index contributed by atoms with van der Waals surface area (Å²) in [6, 6.07) is 4.18. The summed E-state index contributed by atoms with van der Waals surface area (Å²) in [6.07, 6.45) is 6.99. The van der Waals surface area contributed by atoms with Crippen molar-refractivity contribution in [1.29, 1.82) is 0 Å². The summed E-state index contributed by atoms with van der Waals surface area (Å²) in [5, 5.41) is 0. The average molecular weight is 507 g/mol. The summed E-state index contributed by atoms with van der Waals surface area (Å²) in [5.74, 6) is 1.08. The number of fused-ring (bicyclic) bond motifs is 1. The van der Waals surface area contributed by atoms with Gasteiger partial charge in [-0.1, -0.05) is 32.9 Å². The Morgan fingerprint density at radius 3 is 2.41 bits per heavy atom. The molecule has 0 saturated carbocycles. The minimum absolute atomic E-state index is 0.112. The molecule has 1 aromatic heterocycles. The molecule has 0 spiro atoms. The SMILES string of the molecule is CCc1sc(C(=O)CCc2cc(C)c(OCCCOS(C)(=O)=O)c(C)c2)c2c1CC(C)(C)CC2. The number of benzene rings is 1. The van der Waals surface area contributed by atoms with Crippen LogP contribution >= 0.6 is 11.3 Å². The molecule has 0 saturated heterocycles. The van der Waals surface area contributed by atoms with E-state index >= 15 is 0 Å². The molecule has 0 amide bonds. The lowest BCUT2D eigenvalue weighted by Crippen LogP contribution is -2.22. The molecule has 188 valence electrons. The summed E-state index contributed by atoms with van der Waals surface area (Å²) in [4.78, 5) is 15.6. The lowest BCUT2D eigenvalue weighted by Gasteiger charge is -2.30. The number of hydrogen-bond acceptors (Lipinski definition) is 6. The maximum Gasteiger partial charge on any atom is 0.264 e. The monoisotopic (exact) mass is 506 g/mol. The Morgan fingerprint density at radius 1 is 1.12 bits per heavy atom. The lowest BCUT2D eigenvalue weighted by molar-refractivity contribution is 0.0985. The first-order valence-corrected chi connectivity index (χ1v) is 14.8. The number of thiophene rings is 1. The van der Waals surface area contributed by atoms with E-state index in [1.807, 2.05) is 13.8 Å². The molecule has 0 bridgehead atoms. The first-order chi connectivity index (χ1) is 15.9. The van der Waals surface area contributed by atoms with E-state index in [1.165, 1.54) is 16.0 Å². The van der Waals surface area contributed by atoms with Crippen LogP contribution < -0.4 is 4.74 Å². The molecule has 34 heavy (non-hydrogen) atoms. The van der Waals surface area contributed by atoms with Crippen molar-refractivity contribution in [3.05, 3.63) is 49.7 Å². The van der Waals surface area contributed by atoms with Crippen molar-refractivity contribution < 1.29 is 22.1 Å². The predicted molar refractivity (Wildman–Crippen MR) is 139 cm³/mol. The van der Waals surface area contributed by atoms with Crippen LogP contribution in [-0.4, -0.2) is 33.7 Å². The highest BCUT2D eigenvalue weighted by Crippen LogP contribution is 2.42. The maximum atomic E-state index is 13.2. The second kappa shape index (κ2) is 10.9. The van der Waals surface area contributed by atoms with E-state index in [1.54, 1.807) is 11.3 Å². The van der Waals surface area contributed by atoms with Gasteiger partial charge in [0.2, 0.25) is 0 Å². The van der Waals surface area contributed by atoms with Crippen LogP contribution in [0.5, 0.6) is 5.75 Å². The second-order valence-electron chi connectivity index (χ2n) is 10.2. The predicted octanol–water partition coefficient (Wildman–Crippen LogP) is 6.00. The Labute approximate surface area is 209 Å². The zero-order valence-electron chi connectivity index (χ0n) is 21.4. The van der Waals surface area contributed by atoms with Crippen LogP contribution in [0.25, 0.3) is 0 Å². The molecule has 0 radical (unpaired) electrons. The van der Waals surface area contributed by atoms with Gasteiger partial charge in [-0.2, -0.15) is 8.42 Å². The minimum Gasteiger partial charge on any atom is -0.493 e. The number of carbonyl (C=O) groups is 1. The Kier molecular flexibility index (Phi) is 8.64. The molecule has 1 aliphatic rings. The van der Waals surface area contributed by atoms with E-state index in [-0.39, 0.29) is 12.4 Å². The Hall–Kier alpha value is -1.70. The molecule has 0 unspecified atom stereocenters. The standard InChI is InChI=1S/C27H38O5S2/c1-7-24-22-17-27(4,5)12-11-21(22)26(33-24)23(28)10-9-20-15-18(2)25(19(3)16-20)31-13-8-14-32-34(6,29)30/h15-16H,7-14,17H2,1-6H3. The fourth-order valence-corrected chi connectivity index (χ4v) is 6.48. The van der Waals surface area contributed by atoms with Crippen LogP contribution in [0.2, 0.25) is 0 Å². The zero-order chi connectivity index (χ0) is 25.1. The van der Waals surface area contributed by atoms with E-state index in [4.69, 9.17) is 8.92 Å². The molecular weight excluding hydrogens is 468 g/mol. The third-order valence-corrected chi connectivity index (χ3v) is 8.53. The molecule has 1 heterocycles. The van der Waals surface area contributed by atoms with Crippen molar-refractivity contribution in [1.82, 2.24) is 0 Å². The molecule has 0 atom stereocenters. The molecule has 2 aromatic rings. The number of carbonyl (C=O) groups excluding carboxylic acids is 1. The van der Waals surface area contributed by atoms with Gasteiger partial charge >= 0.3 is 0 Å². The number of aryl methyl sites for hydroxylation is 4. The highest BCUT2D eigenvalue weighted by Gasteiger charge is 2.31. The first-order valence-electron chi connectivity index (χ1n) is 12.1. The van der Waals surface area contributed by atoms with Crippen LogP contribution in [0.3, 0.4) is 0 Å². The molecule has 0 N–H and O–H groups in total. The Bertz CT molecular complexity index is 1120. The minimum atomic E-state index is -3.42. The Balaban J connectivity index is 1.62. The molecule has 0 aliphatic heterocycles. The van der Waals surface area contributed by atoms with Crippen molar-refractivity contribution in [3.8, 4) is 5.75 Å². The van der Waals surface area contributed by atoms with E-state index < -0.39 is 10.1 Å².